The van der Waals surface area contributed by atoms with Crippen LogP contribution >= 0.6 is 22.9 Å². The first-order valence-corrected chi connectivity index (χ1v) is 11.2. The molecule has 2 heterocycles. The number of carboxylic acids is 1. The lowest BCUT2D eigenvalue weighted by Crippen LogP contribution is -2.18. The summed E-state index contributed by atoms with van der Waals surface area (Å²) in [7, 11) is 0. The Labute approximate surface area is 189 Å². The summed E-state index contributed by atoms with van der Waals surface area (Å²) in [6, 6.07) is 8.70. The van der Waals surface area contributed by atoms with Crippen LogP contribution in [-0.2, 0) is 12.8 Å². The minimum atomic E-state index is -0.885. The van der Waals surface area contributed by atoms with Crippen LogP contribution in [0, 0.1) is 13.8 Å². The number of aryl methyl sites for hydroxylation is 2. The highest BCUT2D eigenvalue weighted by atomic mass is 35.5. The zero-order chi connectivity index (χ0) is 22.1. The van der Waals surface area contributed by atoms with Gasteiger partial charge in [-0.25, -0.2) is 10.2 Å². The van der Waals surface area contributed by atoms with Gasteiger partial charge in [-0.2, -0.15) is 5.10 Å². The van der Waals surface area contributed by atoms with E-state index in [9.17, 15) is 14.7 Å². The molecule has 1 aliphatic carbocycles. The van der Waals surface area contributed by atoms with Crippen LogP contribution in [0.4, 0.5) is 0 Å². The van der Waals surface area contributed by atoms with Crippen molar-refractivity contribution in [1.82, 2.24) is 9.99 Å². The fraction of sp³-hybridized carbons (Fsp3) is 0.261. The summed E-state index contributed by atoms with van der Waals surface area (Å²) in [6.45, 7) is 3.87. The molecule has 0 saturated carbocycles. The number of amides is 1. The number of hydrazone groups is 1. The molecule has 0 unspecified atom stereocenters. The highest BCUT2D eigenvalue weighted by molar-refractivity contribution is 7.15. The summed E-state index contributed by atoms with van der Waals surface area (Å²) in [5, 5.41) is 15.1. The third-order valence-corrected chi connectivity index (χ3v) is 7.13. The molecule has 0 radical (unpaired) electrons. The average molecular weight is 456 g/mol. The molecular formula is C23H22ClN3O3S. The maximum absolute atomic E-state index is 12.3. The van der Waals surface area contributed by atoms with Crippen molar-refractivity contribution in [2.75, 3.05) is 0 Å². The first-order chi connectivity index (χ1) is 14.9. The quantitative estimate of drug-likeness (QED) is 0.412. The summed E-state index contributed by atoms with van der Waals surface area (Å²) < 4.78 is 1.98. The van der Waals surface area contributed by atoms with Crippen LogP contribution in [0.25, 0.3) is 5.00 Å². The Morgan fingerprint density at radius 1 is 1.23 bits per heavy atom. The van der Waals surface area contributed by atoms with E-state index in [-0.39, 0.29) is 0 Å². The number of carbonyl (C=O) groups is 2. The molecule has 0 saturated heterocycles. The Kier molecular flexibility index (Phi) is 5.98. The largest absolute Gasteiger partial charge is 0.478 e. The van der Waals surface area contributed by atoms with E-state index in [2.05, 4.69) is 10.5 Å². The second-order valence-electron chi connectivity index (χ2n) is 7.54. The monoisotopic (exact) mass is 455 g/mol. The molecule has 0 aliphatic heterocycles. The smallest absolute Gasteiger partial charge is 0.339 e. The Morgan fingerprint density at radius 2 is 1.97 bits per heavy atom. The van der Waals surface area contributed by atoms with E-state index in [0.717, 1.165) is 53.2 Å². The van der Waals surface area contributed by atoms with Gasteiger partial charge in [0, 0.05) is 21.8 Å². The van der Waals surface area contributed by atoms with E-state index in [1.165, 1.54) is 4.88 Å². The Hall–Kier alpha value is -2.90. The van der Waals surface area contributed by atoms with Crippen LogP contribution < -0.4 is 5.43 Å². The molecule has 2 N–H and O–H groups in total. The predicted octanol–water partition coefficient (Wildman–Crippen LogP) is 5.15. The van der Waals surface area contributed by atoms with Gasteiger partial charge in [0.05, 0.1) is 22.4 Å². The lowest BCUT2D eigenvalue weighted by atomic mass is 9.95. The van der Waals surface area contributed by atoms with Gasteiger partial charge in [-0.05, 0) is 63.3 Å². The summed E-state index contributed by atoms with van der Waals surface area (Å²) in [4.78, 5) is 25.5. The van der Waals surface area contributed by atoms with E-state index in [0.29, 0.717) is 16.1 Å². The molecule has 31 heavy (non-hydrogen) atoms. The molecule has 8 heteroatoms. The van der Waals surface area contributed by atoms with Gasteiger partial charge >= 0.3 is 5.97 Å². The van der Waals surface area contributed by atoms with E-state index < -0.39 is 11.9 Å². The summed E-state index contributed by atoms with van der Waals surface area (Å²) in [6.07, 6.45) is 5.44. The average Bonchev–Trinajstić information content (AvgIpc) is 3.24. The Balaban J connectivity index is 1.64. The Bertz CT molecular complexity index is 1210. The van der Waals surface area contributed by atoms with Gasteiger partial charge in [0.1, 0.15) is 5.00 Å². The van der Waals surface area contributed by atoms with Crippen molar-refractivity contribution in [2.24, 2.45) is 5.10 Å². The number of carboxylic acid groups (broad SMARTS) is 1. The van der Waals surface area contributed by atoms with Crippen LogP contribution in [0.3, 0.4) is 0 Å². The number of benzene rings is 1. The predicted molar refractivity (Wildman–Crippen MR) is 123 cm³/mol. The number of thiophene rings is 1. The molecule has 0 spiro atoms. The van der Waals surface area contributed by atoms with Gasteiger partial charge in [0.15, 0.2) is 0 Å². The molecule has 1 aromatic carbocycles. The van der Waals surface area contributed by atoms with Crippen molar-refractivity contribution in [2.45, 2.75) is 39.5 Å². The number of nitrogens with one attached hydrogen (secondary N) is 1. The molecule has 1 aliphatic rings. The van der Waals surface area contributed by atoms with Crippen LogP contribution in [0.5, 0.6) is 0 Å². The van der Waals surface area contributed by atoms with Crippen LogP contribution in [0.1, 0.15) is 60.9 Å². The van der Waals surface area contributed by atoms with Crippen LogP contribution in [-0.4, -0.2) is 27.8 Å². The molecule has 0 atom stereocenters. The normalized spacial score (nSPS) is 13.4. The molecule has 6 nitrogen and oxygen atoms in total. The second kappa shape index (κ2) is 8.69. The number of nitrogens with zero attached hydrogens (tertiary/aromatic N) is 2. The second-order valence-corrected chi connectivity index (χ2v) is 9.03. The van der Waals surface area contributed by atoms with Gasteiger partial charge < -0.3 is 9.67 Å². The summed E-state index contributed by atoms with van der Waals surface area (Å²) in [5.74, 6) is -1.28. The molecular weight excluding hydrogens is 434 g/mol. The molecule has 4 rings (SSSR count). The number of aromatic carboxylic acids is 1. The molecule has 2 aromatic heterocycles. The Morgan fingerprint density at radius 3 is 2.71 bits per heavy atom. The molecule has 1 amide bonds. The van der Waals surface area contributed by atoms with Crippen molar-refractivity contribution in [3.63, 3.8) is 0 Å². The van der Waals surface area contributed by atoms with Crippen LogP contribution in [0.2, 0.25) is 5.02 Å². The highest BCUT2D eigenvalue weighted by Gasteiger charge is 2.27. The highest BCUT2D eigenvalue weighted by Crippen LogP contribution is 2.38. The molecule has 3 aromatic rings. The first-order valence-electron chi connectivity index (χ1n) is 10.0. The van der Waals surface area contributed by atoms with Crippen molar-refractivity contribution in [1.29, 1.82) is 0 Å². The third-order valence-electron chi connectivity index (χ3n) is 5.53. The number of hydrogen-bond donors (Lipinski definition) is 2. The minimum Gasteiger partial charge on any atom is -0.478 e. The lowest BCUT2D eigenvalue weighted by Gasteiger charge is -2.11. The van der Waals surface area contributed by atoms with Gasteiger partial charge in [-0.15, -0.1) is 11.3 Å². The number of aromatic nitrogens is 1. The van der Waals surface area contributed by atoms with Crippen molar-refractivity contribution in [3.05, 3.63) is 73.9 Å². The molecule has 160 valence electrons. The lowest BCUT2D eigenvalue weighted by molar-refractivity contribution is 0.0695. The summed E-state index contributed by atoms with van der Waals surface area (Å²) >= 11 is 7.62. The standard InChI is InChI=1S/C23H22ClN3O3S/c1-13-11-15(12-25-26-21(28)16-7-3-5-9-18(16)24)14(2)27(13)22-20(23(29)30)17-8-4-6-10-19(17)31-22/h3,5,7,9,11-12H,4,6,8,10H2,1-2H3,(H,26,28)(H,29,30)/b25-12-. The number of rotatable bonds is 5. The first kappa shape index (κ1) is 21.3. The van der Waals surface area contributed by atoms with Gasteiger partial charge in [-0.3, -0.25) is 4.79 Å². The number of halogens is 1. The topological polar surface area (TPSA) is 83.7 Å². The fourth-order valence-electron chi connectivity index (χ4n) is 4.03. The van der Waals surface area contributed by atoms with E-state index >= 15 is 0 Å². The summed E-state index contributed by atoms with van der Waals surface area (Å²) in [5.41, 5.74) is 6.83. The maximum atomic E-state index is 12.3. The zero-order valence-corrected chi connectivity index (χ0v) is 18.8. The van der Waals surface area contributed by atoms with Crippen molar-refractivity contribution in [3.8, 4) is 5.00 Å². The van der Waals surface area contributed by atoms with Crippen molar-refractivity contribution >= 4 is 41.0 Å². The molecule has 0 fully saturated rings. The minimum absolute atomic E-state index is 0.349. The number of hydrogen-bond acceptors (Lipinski definition) is 4. The van der Waals surface area contributed by atoms with Gasteiger partial charge in [0.2, 0.25) is 0 Å². The SMILES string of the molecule is Cc1cc(/C=N\NC(=O)c2ccccc2Cl)c(C)n1-c1sc2c(c1C(=O)O)CCCC2. The van der Waals surface area contributed by atoms with E-state index in [4.69, 9.17) is 11.6 Å². The van der Waals surface area contributed by atoms with Crippen LogP contribution in [0.15, 0.2) is 35.4 Å². The van der Waals surface area contributed by atoms with Gasteiger partial charge in [-0.1, -0.05) is 23.7 Å². The fourth-order valence-corrected chi connectivity index (χ4v) is 5.74. The van der Waals surface area contributed by atoms with E-state index in [1.54, 1.807) is 41.8 Å². The zero-order valence-electron chi connectivity index (χ0n) is 17.2. The number of carbonyl (C=O) groups excluding carboxylic acids is 1. The maximum Gasteiger partial charge on any atom is 0.339 e. The van der Waals surface area contributed by atoms with E-state index in [1.807, 2.05) is 24.5 Å². The van der Waals surface area contributed by atoms with Crippen molar-refractivity contribution < 1.29 is 14.7 Å². The third kappa shape index (κ3) is 4.03. The number of fused-ring (bicyclic) bond motifs is 1. The molecule has 0 bridgehead atoms. The van der Waals surface area contributed by atoms with Gasteiger partial charge in [0.25, 0.3) is 5.91 Å².